The first-order valence-corrected chi connectivity index (χ1v) is 7.16. The highest BCUT2D eigenvalue weighted by molar-refractivity contribution is 9.10. The Bertz CT molecular complexity index is 523. The van der Waals surface area contributed by atoms with Crippen molar-refractivity contribution in [3.8, 4) is 0 Å². The van der Waals surface area contributed by atoms with E-state index in [0.717, 1.165) is 28.0 Å². The van der Waals surface area contributed by atoms with Crippen molar-refractivity contribution in [2.24, 2.45) is 0 Å². The van der Waals surface area contributed by atoms with E-state index in [1.807, 2.05) is 30.3 Å². The van der Waals surface area contributed by atoms with Crippen LogP contribution in [0.15, 0.2) is 45.5 Å². The zero-order chi connectivity index (χ0) is 13.8. The van der Waals surface area contributed by atoms with Crippen LogP contribution in [0.25, 0.3) is 0 Å². The number of aliphatic hydroxyl groups excluding tert-OH is 1. The molecule has 0 amide bonds. The van der Waals surface area contributed by atoms with Gasteiger partial charge in [0.1, 0.15) is 5.76 Å². The third kappa shape index (κ3) is 3.39. The van der Waals surface area contributed by atoms with E-state index >= 15 is 0 Å². The Kier molecular flexibility index (Phi) is 4.66. The summed E-state index contributed by atoms with van der Waals surface area (Å²) in [6.07, 6.45) is 1.18. The number of rotatable bonds is 5. The lowest BCUT2D eigenvalue weighted by Gasteiger charge is -2.26. The molecule has 2 aromatic rings. The predicted molar refractivity (Wildman–Crippen MR) is 80.2 cm³/mol. The van der Waals surface area contributed by atoms with E-state index in [9.17, 15) is 5.11 Å². The summed E-state index contributed by atoms with van der Waals surface area (Å²) in [5.41, 5.74) is 1.96. The fourth-order valence-corrected chi connectivity index (χ4v) is 2.48. The minimum Gasteiger partial charge on any atom is -0.467 e. The molecule has 0 aliphatic rings. The summed E-state index contributed by atoms with van der Waals surface area (Å²) in [5, 5.41) is 9.93. The van der Waals surface area contributed by atoms with E-state index in [-0.39, 0.29) is 0 Å². The molecule has 0 bridgehead atoms. The number of furan rings is 1. The van der Waals surface area contributed by atoms with Gasteiger partial charge in [0, 0.05) is 22.3 Å². The Balaban J connectivity index is 2.32. The maximum absolute atomic E-state index is 9.93. The van der Waals surface area contributed by atoms with Crippen LogP contribution >= 0.6 is 15.9 Å². The molecule has 1 heterocycles. The molecule has 0 radical (unpaired) electrons. The van der Waals surface area contributed by atoms with Crippen LogP contribution in [0, 0.1) is 0 Å². The molecule has 0 spiro atoms. The Morgan fingerprint density at radius 2 is 2.16 bits per heavy atom. The average molecular weight is 324 g/mol. The fourth-order valence-electron chi connectivity index (χ4n) is 2.11. The minimum atomic E-state index is -0.502. The number of halogens is 1. The van der Waals surface area contributed by atoms with E-state index in [1.165, 1.54) is 0 Å². The van der Waals surface area contributed by atoms with Crippen LogP contribution in [0.2, 0.25) is 0 Å². The molecular formula is C15H18BrNO2. The molecule has 4 heteroatoms. The number of benzene rings is 1. The Hall–Kier alpha value is -1.26. The lowest BCUT2D eigenvalue weighted by molar-refractivity contribution is 0.199. The van der Waals surface area contributed by atoms with Gasteiger partial charge in [0.25, 0.3) is 0 Å². The normalized spacial score (nSPS) is 12.4. The Morgan fingerprint density at radius 3 is 2.74 bits per heavy atom. The number of hydrogen-bond donors (Lipinski definition) is 1. The second kappa shape index (κ2) is 6.26. The van der Waals surface area contributed by atoms with Gasteiger partial charge in [-0.25, -0.2) is 0 Å². The number of aliphatic hydroxyl groups is 1. The highest BCUT2D eigenvalue weighted by Crippen LogP contribution is 2.30. The summed E-state index contributed by atoms with van der Waals surface area (Å²) >= 11 is 3.45. The summed E-state index contributed by atoms with van der Waals surface area (Å²) in [4.78, 5) is 2.19. The molecule has 3 nitrogen and oxygen atoms in total. The first kappa shape index (κ1) is 14.2. The number of anilines is 1. The van der Waals surface area contributed by atoms with Gasteiger partial charge < -0.3 is 14.4 Å². The predicted octanol–water partition coefficient (Wildman–Crippen LogP) is 4.12. The molecule has 1 aromatic carbocycles. The SMILES string of the molecule is CCN(Cc1ccco1)c1ccc(Br)cc1C(C)O. The van der Waals surface area contributed by atoms with E-state index in [0.29, 0.717) is 6.54 Å². The minimum absolute atomic E-state index is 0.502. The van der Waals surface area contributed by atoms with Crippen LogP contribution in [0.1, 0.15) is 31.3 Å². The standard InChI is InChI=1S/C15H18BrNO2/c1-3-17(10-13-5-4-8-19-13)15-7-6-12(16)9-14(15)11(2)18/h4-9,11,18H,3,10H2,1-2H3. The van der Waals surface area contributed by atoms with Gasteiger partial charge >= 0.3 is 0 Å². The first-order chi connectivity index (χ1) is 9.11. The van der Waals surface area contributed by atoms with Gasteiger partial charge in [0.2, 0.25) is 0 Å². The van der Waals surface area contributed by atoms with Crippen molar-refractivity contribution in [2.45, 2.75) is 26.5 Å². The fraction of sp³-hybridized carbons (Fsp3) is 0.333. The van der Waals surface area contributed by atoms with Crippen LogP contribution in [0.5, 0.6) is 0 Å². The molecule has 1 unspecified atom stereocenters. The zero-order valence-corrected chi connectivity index (χ0v) is 12.7. The molecule has 1 atom stereocenters. The highest BCUT2D eigenvalue weighted by atomic mass is 79.9. The first-order valence-electron chi connectivity index (χ1n) is 6.36. The molecule has 0 saturated heterocycles. The largest absolute Gasteiger partial charge is 0.467 e. The molecule has 2 rings (SSSR count). The molecular weight excluding hydrogens is 306 g/mol. The number of hydrogen-bond acceptors (Lipinski definition) is 3. The molecule has 0 aliphatic heterocycles. The van der Waals surface area contributed by atoms with E-state index in [1.54, 1.807) is 13.2 Å². The van der Waals surface area contributed by atoms with Crippen LogP contribution in [-0.2, 0) is 6.54 Å². The highest BCUT2D eigenvalue weighted by Gasteiger charge is 2.15. The van der Waals surface area contributed by atoms with Gasteiger partial charge in [-0.05, 0) is 44.2 Å². The van der Waals surface area contributed by atoms with Gasteiger partial charge in [0.15, 0.2) is 0 Å². The summed E-state index contributed by atoms with van der Waals surface area (Å²) in [6.45, 7) is 5.43. The third-order valence-electron chi connectivity index (χ3n) is 3.09. The van der Waals surface area contributed by atoms with Crippen molar-refractivity contribution < 1.29 is 9.52 Å². The summed E-state index contributed by atoms with van der Waals surface area (Å²) in [5.74, 6) is 0.918. The van der Waals surface area contributed by atoms with Crippen LogP contribution < -0.4 is 4.90 Å². The van der Waals surface area contributed by atoms with Crippen molar-refractivity contribution >= 4 is 21.6 Å². The molecule has 0 fully saturated rings. The maximum Gasteiger partial charge on any atom is 0.123 e. The van der Waals surface area contributed by atoms with E-state index < -0.39 is 6.10 Å². The van der Waals surface area contributed by atoms with Gasteiger partial charge in [-0.15, -0.1) is 0 Å². The zero-order valence-electron chi connectivity index (χ0n) is 11.1. The summed E-state index contributed by atoms with van der Waals surface area (Å²) in [6, 6.07) is 9.83. The van der Waals surface area contributed by atoms with Crippen molar-refractivity contribution in [2.75, 3.05) is 11.4 Å². The van der Waals surface area contributed by atoms with Crippen molar-refractivity contribution in [1.29, 1.82) is 0 Å². The molecule has 102 valence electrons. The topological polar surface area (TPSA) is 36.6 Å². The van der Waals surface area contributed by atoms with Crippen LogP contribution in [0.3, 0.4) is 0 Å². The van der Waals surface area contributed by atoms with Crippen molar-refractivity contribution in [3.05, 3.63) is 52.4 Å². The molecule has 0 aliphatic carbocycles. The van der Waals surface area contributed by atoms with Gasteiger partial charge in [-0.1, -0.05) is 15.9 Å². The van der Waals surface area contributed by atoms with Crippen molar-refractivity contribution in [1.82, 2.24) is 0 Å². The van der Waals surface area contributed by atoms with Crippen LogP contribution in [0.4, 0.5) is 5.69 Å². The average Bonchev–Trinajstić information content (AvgIpc) is 2.89. The Labute approximate surface area is 122 Å². The van der Waals surface area contributed by atoms with Gasteiger partial charge in [-0.2, -0.15) is 0 Å². The quantitative estimate of drug-likeness (QED) is 0.899. The third-order valence-corrected chi connectivity index (χ3v) is 3.58. The lowest BCUT2D eigenvalue weighted by Crippen LogP contribution is -2.23. The summed E-state index contributed by atoms with van der Waals surface area (Å²) < 4.78 is 6.37. The van der Waals surface area contributed by atoms with Crippen molar-refractivity contribution in [3.63, 3.8) is 0 Å². The molecule has 1 N–H and O–H groups in total. The van der Waals surface area contributed by atoms with Gasteiger partial charge in [-0.3, -0.25) is 0 Å². The summed E-state index contributed by atoms with van der Waals surface area (Å²) in [7, 11) is 0. The second-order valence-electron chi connectivity index (χ2n) is 4.47. The molecule has 1 aromatic heterocycles. The van der Waals surface area contributed by atoms with Gasteiger partial charge in [0.05, 0.1) is 18.9 Å². The number of nitrogens with zero attached hydrogens (tertiary/aromatic N) is 1. The van der Waals surface area contributed by atoms with E-state index in [4.69, 9.17) is 4.42 Å². The maximum atomic E-state index is 9.93. The van der Waals surface area contributed by atoms with E-state index in [2.05, 4.69) is 27.8 Å². The lowest BCUT2D eigenvalue weighted by atomic mass is 10.1. The molecule has 0 saturated carbocycles. The smallest absolute Gasteiger partial charge is 0.123 e. The second-order valence-corrected chi connectivity index (χ2v) is 5.39. The monoisotopic (exact) mass is 323 g/mol. The molecule has 19 heavy (non-hydrogen) atoms. The Morgan fingerprint density at radius 1 is 1.37 bits per heavy atom. The van der Waals surface area contributed by atoms with Crippen LogP contribution in [-0.4, -0.2) is 11.7 Å².